The summed E-state index contributed by atoms with van der Waals surface area (Å²) >= 11 is 3.35. The van der Waals surface area contributed by atoms with Gasteiger partial charge in [0.05, 0.1) is 0 Å². The monoisotopic (exact) mass is 308 g/mol. The summed E-state index contributed by atoms with van der Waals surface area (Å²) < 4.78 is 2.72. The second-order valence-corrected chi connectivity index (χ2v) is 4.75. The summed E-state index contributed by atoms with van der Waals surface area (Å²) in [6.45, 7) is 2.69. The standard InChI is InChI=1S/C13H13BrN2O2/c1-2-16-8-9(14)6-12(16)13(18)15-10-4-3-5-11(17)7-10/h3-8,17H,2H2,1H3,(H,15,18). The highest BCUT2D eigenvalue weighted by Gasteiger charge is 2.12. The van der Waals surface area contributed by atoms with E-state index in [1.807, 2.05) is 17.7 Å². The number of halogens is 1. The summed E-state index contributed by atoms with van der Waals surface area (Å²) in [5.74, 6) is -0.0759. The highest BCUT2D eigenvalue weighted by Crippen LogP contribution is 2.19. The molecular formula is C13H13BrN2O2. The molecule has 0 radical (unpaired) electrons. The lowest BCUT2D eigenvalue weighted by molar-refractivity contribution is 0.101. The van der Waals surface area contributed by atoms with Crippen LogP contribution in [0.1, 0.15) is 17.4 Å². The smallest absolute Gasteiger partial charge is 0.272 e. The molecule has 2 N–H and O–H groups in total. The number of phenols is 1. The van der Waals surface area contributed by atoms with Crippen molar-refractivity contribution in [2.75, 3.05) is 5.32 Å². The maximum atomic E-state index is 12.1. The second kappa shape index (κ2) is 5.27. The van der Waals surface area contributed by atoms with Gasteiger partial charge in [0.15, 0.2) is 0 Å². The number of aromatic nitrogens is 1. The van der Waals surface area contributed by atoms with Crippen LogP contribution in [-0.2, 0) is 6.54 Å². The molecule has 1 aromatic heterocycles. The zero-order chi connectivity index (χ0) is 13.1. The first-order chi connectivity index (χ1) is 8.60. The third kappa shape index (κ3) is 2.73. The van der Waals surface area contributed by atoms with Crippen molar-refractivity contribution in [1.82, 2.24) is 4.57 Å². The molecule has 18 heavy (non-hydrogen) atoms. The number of aromatic hydroxyl groups is 1. The van der Waals surface area contributed by atoms with E-state index in [0.29, 0.717) is 17.9 Å². The molecule has 0 unspecified atom stereocenters. The van der Waals surface area contributed by atoms with Crippen molar-refractivity contribution in [3.63, 3.8) is 0 Å². The van der Waals surface area contributed by atoms with Gasteiger partial charge in [0.1, 0.15) is 11.4 Å². The van der Waals surface area contributed by atoms with E-state index in [1.54, 1.807) is 24.3 Å². The minimum atomic E-state index is -0.201. The van der Waals surface area contributed by atoms with Crippen molar-refractivity contribution >= 4 is 27.5 Å². The molecule has 1 aromatic carbocycles. The summed E-state index contributed by atoms with van der Waals surface area (Å²) in [7, 11) is 0. The van der Waals surface area contributed by atoms with Crippen LogP contribution in [0, 0.1) is 0 Å². The van der Waals surface area contributed by atoms with Gasteiger partial charge in [-0.3, -0.25) is 4.79 Å². The Morgan fingerprint density at radius 1 is 1.44 bits per heavy atom. The summed E-state index contributed by atoms with van der Waals surface area (Å²) in [6, 6.07) is 8.24. The van der Waals surface area contributed by atoms with E-state index in [2.05, 4.69) is 21.2 Å². The van der Waals surface area contributed by atoms with E-state index < -0.39 is 0 Å². The van der Waals surface area contributed by atoms with Crippen molar-refractivity contribution in [3.8, 4) is 5.75 Å². The molecule has 2 rings (SSSR count). The first-order valence-electron chi connectivity index (χ1n) is 5.56. The molecule has 0 aliphatic carbocycles. The van der Waals surface area contributed by atoms with Crippen LogP contribution < -0.4 is 5.32 Å². The SMILES string of the molecule is CCn1cc(Br)cc1C(=O)Nc1cccc(O)c1. The van der Waals surface area contributed by atoms with Gasteiger partial charge >= 0.3 is 0 Å². The van der Waals surface area contributed by atoms with Gasteiger partial charge < -0.3 is 15.0 Å². The van der Waals surface area contributed by atoms with Crippen LogP contribution in [0.3, 0.4) is 0 Å². The van der Waals surface area contributed by atoms with E-state index in [0.717, 1.165) is 4.47 Å². The van der Waals surface area contributed by atoms with Crippen molar-refractivity contribution in [2.45, 2.75) is 13.5 Å². The molecule has 2 aromatic rings. The number of rotatable bonds is 3. The fourth-order valence-electron chi connectivity index (χ4n) is 1.71. The number of phenolic OH excluding ortho intramolecular Hbond substituents is 1. The molecule has 4 nitrogen and oxygen atoms in total. The summed E-state index contributed by atoms with van der Waals surface area (Å²) in [6.07, 6.45) is 1.86. The Morgan fingerprint density at radius 3 is 2.89 bits per heavy atom. The van der Waals surface area contributed by atoms with Crippen molar-refractivity contribution < 1.29 is 9.90 Å². The second-order valence-electron chi connectivity index (χ2n) is 3.83. The topological polar surface area (TPSA) is 54.3 Å². The average molecular weight is 309 g/mol. The number of hydrogen-bond donors (Lipinski definition) is 2. The van der Waals surface area contributed by atoms with E-state index >= 15 is 0 Å². The predicted molar refractivity (Wildman–Crippen MR) is 73.9 cm³/mol. The van der Waals surface area contributed by atoms with Gasteiger partial charge in [-0.05, 0) is 41.1 Å². The lowest BCUT2D eigenvalue weighted by atomic mass is 10.3. The third-order valence-electron chi connectivity index (χ3n) is 2.54. The lowest BCUT2D eigenvalue weighted by Gasteiger charge is -2.07. The average Bonchev–Trinajstić information content (AvgIpc) is 2.70. The highest BCUT2D eigenvalue weighted by molar-refractivity contribution is 9.10. The van der Waals surface area contributed by atoms with Crippen molar-refractivity contribution in [1.29, 1.82) is 0 Å². The van der Waals surface area contributed by atoms with Crippen LogP contribution in [0.15, 0.2) is 41.0 Å². The Hall–Kier alpha value is -1.75. The van der Waals surface area contributed by atoms with Gasteiger partial charge in [0, 0.05) is 29.0 Å². The molecule has 1 heterocycles. The molecule has 0 aliphatic rings. The first kappa shape index (κ1) is 12.7. The molecular weight excluding hydrogens is 296 g/mol. The number of nitrogens with one attached hydrogen (secondary N) is 1. The van der Waals surface area contributed by atoms with Gasteiger partial charge in [0.2, 0.25) is 0 Å². The van der Waals surface area contributed by atoms with Gasteiger partial charge in [0.25, 0.3) is 5.91 Å². The van der Waals surface area contributed by atoms with Crippen LogP contribution >= 0.6 is 15.9 Å². The Balaban J connectivity index is 2.21. The van der Waals surface area contributed by atoms with Crippen LogP contribution in [0.4, 0.5) is 5.69 Å². The number of nitrogens with zero attached hydrogens (tertiary/aromatic N) is 1. The van der Waals surface area contributed by atoms with Crippen molar-refractivity contribution in [2.24, 2.45) is 0 Å². The number of hydrogen-bond acceptors (Lipinski definition) is 2. The van der Waals surface area contributed by atoms with Crippen LogP contribution in [-0.4, -0.2) is 15.6 Å². The zero-order valence-corrected chi connectivity index (χ0v) is 11.4. The fraction of sp³-hybridized carbons (Fsp3) is 0.154. The summed E-state index contributed by atoms with van der Waals surface area (Å²) in [4.78, 5) is 12.1. The molecule has 1 amide bonds. The Morgan fingerprint density at radius 2 is 2.22 bits per heavy atom. The summed E-state index contributed by atoms with van der Waals surface area (Å²) in [5.41, 5.74) is 1.15. The van der Waals surface area contributed by atoms with Gasteiger partial charge in [-0.25, -0.2) is 0 Å². The number of anilines is 1. The van der Waals surface area contributed by atoms with E-state index in [9.17, 15) is 9.90 Å². The summed E-state index contributed by atoms with van der Waals surface area (Å²) in [5, 5.41) is 12.1. The van der Waals surface area contributed by atoms with E-state index in [4.69, 9.17) is 0 Å². The number of aryl methyl sites for hydroxylation is 1. The predicted octanol–water partition coefficient (Wildman–Crippen LogP) is 3.23. The zero-order valence-electron chi connectivity index (χ0n) is 9.85. The molecule has 0 aliphatic heterocycles. The Labute approximate surface area is 113 Å². The molecule has 0 atom stereocenters. The minimum Gasteiger partial charge on any atom is -0.508 e. The molecule has 0 fully saturated rings. The maximum Gasteiger partial charge on any atom is 0.272 e. The normalized spacial score (nSPS) is 10.3. The molecule has 0 saturated heterocycles. The van der Waals surface area contributed by atoms with Crippen LogP contribution in [0.5, 0.6) is 5.75 Å². The van der Waals surface area contributed by atoms with Crippen LogP contribution in [0.2, 0.25) is 0 Å². The van der Waals surface area contributed by atoms with Crippen molar-refractivity contribution in [3.05, 3.63) is 46.7 Å². The molecule has 0 spiro atoms. The van der Waals surface area contributed by atoms with E-state index in [1.165, 1.54) is 6.07 Å². The van der Waals surface area contributed by atoms with Gasteiger partial charge in [-0.1, -0.05) is 6.07 Å². The minimum absolute atomic E-state index is 0.125. The van der Waals surface area contributed by atoms with Crippen LogP contribution in [0.25, 0.3) is 0 Å². The Bertz CT molecular complexity index is 578. The number of carbonyl (C=O) groups excluding carboxylic acids is 1. The lowest BCUT2D eigenvalue weighted by Crippen LogP contribution is -2.16. The first-order valence-corrected chi connectivity index (χ1v) is 6.35. The number of benzene rings is 1. The van der Waals surface area contributed by atoms with E-state index in [-0.39, 0.29) is 11.7 Å². The largest absolute Gasteiger partial charge is 0.508 e. The molecule has 0 saturated carbocycles. The molecule has 0 bridgehead atoms. The molecule has 5 heteroatoms. The maximum absolute atomic E-state index is 12.1. The molecule has 94 valence electrons. The Kier molecular flexibility index (Phi) is 3.72. The number of amides is 1. The quantitative estimate of drug-likeness (QED) is 0.914. The van der Waals surface area contributed by atoms with Gasteiger partial charge in [-0.2, -0.15) is 0 Å². The van der Waals surface area contributed by atoms with Gasteiger partial charge in [-0.15, -0.1) is 0 Å². The number of carbonyl (C=O) groups is 1. The fourth-order valence-corrected chi connectivity index (χ4v) is 2.17. The third-order valence-corrected chi connectivity index (χ3v) is 2.97. The highest BCUT2D eigenvalue weighted by atomic mass is 79.9.